The molecule has 8 aromatic rings. The van der Waals surface area contributed by atoms with Crippen LogP contribution in [0.3, 0.4) is 0 Å². The molecule has 0 unspecified atom stereocenters. The molecule has 0 fully saturated rings. The maximum absolute atomic E-state index is 6.84. The number of rotatable bonds is 5. The summed E-state index contributed by atoms with van der Waals surface area (Å²) in [4.78, 5) is 14.9. The van der Waals surface area contributed by atoms with Gasteiger partial charge in [-0.15, -0.1) is 0 Å². The topological polar surface area (TPSA) is 57.1 Å². The van der Waals surface area contributed by atoms with Gasteiger partial charge < -0.3 is 9.47 Å². The van der Waals surface area contributed by atoms with E-state index in [-0.39, 0.29) is 5.41 Å². The molecule has 53 heavy (non-hydrogen) atoms. The van der Waals surface area contributed by atoms with Gasteiger partial charge in [0.2, 0.25) is 0 Å². The predicted molar refractivity (Wildman–Crippen MR) is 211 cm³/mol. The Hall–Kier alpha value is -6.85. The van der Waals surface area contributed by atoms with Crippen LogP contribution in [0.15, 0.2) is 164 Å². The van der Waals surface area contributed by atoms with E-state index in [1.54, 1.807) is 0 Å². The minimum Gasteiger partial charge on any atom is -0.449 e. The number of benzene rings is 6. The Kier molecular flexibility index (Phi) is 7.08. The van der Waals surface area contributed by atoms with Crippen LogP contribution < -0.4 is 9.47 Å². The smallest absolute Gasteiger partial charge is 0.178 e. The average Bonchev–Trinajstić information content (AvgIpc) is 3.46. The quantitative estimate of drug-likeness (QED) is 0.181. The fraction of sp³-hybridized carbons (Fsp3) is 0.0625. The van der Waals surface area contributed by atoms with Crippen LogP contribution in [0.5, 0.6) is 23.0 Å². The normalized spacial score (nSPS) is 13.2. The van der Waals surface area contributed by atoms with Gasteiger partial charge in [-0.1, -0.05) is 135 Å². The fourth-order valence-corrected chi connectivity index (χ4v) is 7.82. The largest absolute Gasteiger partial charge is 0.449 e. The van der Waals surface area contributed by atoms with E-state index in [4.69, 9.17) is 19.4 Å². The molecule has 6 aromatic carbocycles. The molecule has 0 spiro atoms. The van der Waals surface area contributed by atoms with Crippen molar-refractivity contribution in [3.63, 3.8) is 0 Å². The van der Waals surface area contributed by atoms with Crippen molar-refractivity contribution in [3.8, 4) is 90.4 Å². The molecule has 0 N–H and O–H groups in total. The Balaban J connectivity index is 1.10. The second-order valence-electron chi connectivity index (χ2n) is 14.0. The predicted octanol–water partition coefficient (Wildman–Crippen LogP) is 12.4. The summed E-state index contributed by atoms with van der Waals surface area (Å²) in [6, 6.07) is 53.8. The highest BCUT2D eigenvalue weighted by molar-refractivity contribution is 5.91. The summed E-state index contributed by atoms with van der Waals surface area (Å²) < 4.78 is 13.7. The Labute approximate surface area is 308 Å². The van der Waals surface area contributed by atoms with E-state index >= 15 is 0 Å². The molecule has 0 saturated carbocycles. The minimum absolute atomic E-state index is 0.139. The van der Waals surface area contributed by atoms with Gasteiger partial charge in [0, 0.05) is 45.0 Å². The number of pyridine rings is 1. The fourth-order valence-electron chi connectivity index (χ4n) is 7.82. The van der Waals surface area contributed by atoms with Gasteiger partial charge in [-0.25, -0.2) is 9.97 Å². The number of ether oxygens (including phenoxy) is 2. The molecule has 252 valence electrons. The van der Waals surface area contributed by atoms with Crippen LogP contribution >= 0.6 is 0 Å². The average molecular weight is 684 g/mol. The van der Waals surface area contributed by atoms with Gasteiger partial charge in [0.05, 0.1) is 17.1 Å². The van der Waals surface area contributed by atoms with Crippen molar-refractivity contribution in [2.24, 2.45) is 0 Å². The molecule has 0 saturated heterocycles. The van der Waals surface area contributed by atoms with Crippen molar-refractivity contribution in [1.82, 2.24) is 15.0 Å². The van der Waals surface area contributed by atoms with Crippen LogP contribution in [-0.4, -0.2) is 15.0 Å². The molecule has 3 heterocycles. The van der Waals surface area contributed by atoms with Crippen LogP contribution in [0.1, 0.15) is 25.0 Å². The monoisotopic (exact) mass is 683 g/mol. The van der Waals surface area contributed by atoms with Crippen molar-refractivity contribution >= 4 is 0 Å². The van der Waals surface area contributed by atoms with E-state index in [2.05, 4.69) is 116 Å². The lowest BCUT2D eigenvalue weighted by molar-refractivity contribution is 0.361. The summed E-state index contributed by atoms with van der Waals surface area (Å²) in [5.74, 6) is 3.48. The molecule has 1 aliphatic carbocycles. The Morgan fingerprint density at radius 3 is 1.91 bits per heavy atom. The lowest BCUT2D eigenvalue weighted by Gasteiger charge is -2.26. The summed E-state index contributed by atoms with van der Waals surface area (Å²) in [5, 5.41) is 0. The van der Waals surface area contributed by atoms with Crippen LogP contribution in [-0.2, 0) is 5.41 Å². The number of para-hydroxylation sites is 1. The zero-order chi connectivity index (χ0) is 35.5. The van der Waals surface area contributed by atoms with Gasteiger partial charge in [0.25, 0.3) is 0 Å². The van der Waals surface area contributed by atoms with Gasteiger partial charge in [0.1, 0.15) is 0 Å². The second-order valence-corrected chi connectivity index (χ2v) is 14.0. The highest BCUT2D eigenvalue weighted by atomic mass is 16.6. The van der Waals surface area contributed by atoms with E-state index in [1.165, 1.54) is 16.7 Å². The molecule has 1 aliphatic heterocycles. The van der Waals surface area contributed by atoms with Crippen LogP contribution in [0.2, 0.25) is 0 Å². The van der Waals surface area contributed by atoms with Crippen molar-refractivity contribution in [3.05, 3.63) is 175 Å². The van der Waals surface area contributed by atoms with Crippen molar-refractivity contribution < 1.29 is 9.47 Å². The number of hydrogen-bond acceptors (Lipinski definition) is 5. The maximum atomic E-state index is 6.84. The van der Waals surface area contributed by atoms with Gasteiger partial charge in [-0.2, -0.15) is 0 Å². The van der Waals surface area contributed by atoms with Gasteiger partial charge >= 0.3 is 0 Å². The van der Waals surface area contributed by atoms with E-state index in [1.807, 2.05) is 66.9 Å². The number of hydrogen-bond donors (Lipinski definition) is 0. The molecule has 5 nitrogen and oxygen atoms in total. The SMILES string of the molecule is CC1(C)c2ccccc2-c2c1ccc1c2Oc2cccc(-c3ccccc3-c3cc(-c4cccc(-c5ccccn5)c4)nc(-c4ccccc4)n3)c2O1. The first-order valence-electron chi connectivity index (χ1n) is 17.9. The molecular formula is C48H33N3O2. The van der Waals surface area contributed by atoms with Crippen LogP contribution in [0.25, 0.3) is 67.4 Å². The molecule has 0 atom stereocenters. The number of fused-ring (bicyclic) bond motifs is 6. The molecule has 2 aromatic heterocycles. The lowest BCUT2D eigenvalue weighted by Crippen LogP contribution is -2.15. The third-order valence-corrected chi connectivity index (χ3v) is 10.4. The first kappa shape index (κ1) is 30.9. The van der Waals surface area contributed by atoms with Gasteiger partial charge in [-0.3, -0.25) is 4.98 Å². The number of nitrogens with zero attached hydrogens (tertiary/aromatic N) is 3. The van der Waals surface area contributed by atoms with Gasteiger partial charge in [0.15, 0.2) is 28.8 Å². The van der Waals surface area contributed by atoms with E-state index in [0.717, 1.165) is 61.8 Å². The number of aromatic nitrogens is 3. The lowest BCUT2D eigenvalue weighted by atomic mass is 9.82. The molecule has 0 amide bonds. The standard InChI is InChI=1S/C48H33N3O2/c1-48(2)37-22-9-8-20-36(37)44-38(48)25-26-43-46(44)53-42-24-13-21-35(45(42)52-43)33-18-6-7-19-34(33)41-29-40(50-47(51-41)30-14-4-3-5-15-30)32-17-12-16-31(28-32)39-23-10-11-27-49-39/h3-29H,1-2H3. The van der Waals surface area contributed by atoms with Crippen molar-refractivity contribution in [2.45, 2.75) is 19.3 Å². The van der Waals surface area contributed by atoms with Gasteiger partial charge in [-0.05, 0) is 58.7 Å². The zero-order valence-corrected chi connectivity index (χ0v) is 29.2. The first-order chi connectivity index (χ1) is 26.0. The Morgan fingerprint density at radius 1 is 0.434 bits per heavy atom. The van der Waals surface area contributed by atoms with Crippen molar-refractivity contribution in [2.75, 3.05) is 0 Å². The third kappa shape index (κ3) is 5.12. The zero-order valence-electron chi connectivity index (χ0n) is 29.2. The molecule has 0 bridgehead atoms. The van der Waals surface area contributed by atoms with E-state index in [9.17, 15) is 0 Å². The minimum atomic E-state index is -0.139. The maximum Gasteiger partial charge on any atom is 0.178 e. The molecule has 0 radical (unpaired) electrons. The third-order valence-electron chi connectivity index (χ3n) is 10.4. The molecule has 2 aliphatic rings. The molecule has 10 rings (SSSR count). The summed E-state index contributed by atoms with van der Waals surface area (Å²) in [7, 11) is 0. The molecular weight excluding hydrogens is 651 g/mol. The second kappa shape index (κ2) is 12.1. The summed E-state index contributed by atoms with van der Waals surface area (Å²) in [6.45, 7) is 4.55. The van der Waals surface area contributed by atoms with Crippen LogP contribution in [0.4, 0.5) is 0 Å². The highest BCUT2D eigenvalue weighted by Crippen LogP contribution is 2.59. The summed E-state index contributed by atoms with van der Waals surface area (Å²) >= 11 is 0. The Morgan fingerprint density at radius 2 is 1.08 bits per heavy atom. The summed E-state index contributed by atoms with van der Waals surface area (Å²) in [6.07, 6.45) is 1.82. The Bertz CT molecular complexity index is 2700. The van der Waals surface area contributed by atoms with E-state index < -0.39 is 0 Å². The summed E-state index contributed by atoms with van der Waals surface area (Å²) in [5.41, 5.74) is 13.0. The van der Waals surface area contributed by atoms with E-state index in [0.29, 0.717) is 23.1 Å². The van der Waals surface area contributed by atoms with Crippen molar-refractivity contribution in [1.29, 1.82) is 0 Å². The first-order valence-corrected chi connectivity index (χ1v) is 17.9. The molecule has 5 heteroatoms. The highest BCUT2D eigenvalue weighted by Gasteiger charge is 2.39. The van der Waals surface area contributed by atoms with Crippen LogP contribution in [0, 0.1) is 0 Å².